The number of non-ortho nitro benzene ring substituents is 1. The van der Waals surface area contributed by atoms with Crippen molar-refractivity contribution in [3.63, 3.8) is 0 Å². The molecule has 2 heterocycles. The summed E-state index contributed by atoms with van der Waals surface area (Å²) in [6.07, 6.45) is 0. The molecule has 0 bridgehead atoms. The van der Waals surface area contributed by atoms with Gasteiger partial charge in [-0.05, 0) is 37.7 Å². The molecule has 0 fully saturated rings. The van der Waals surface area contributed by atoms with Crippen molar-refractivity contribution in [1.82, 2.24) is 4.90 Å². The summed E-state index contributed by atoms with van der Waals surface area (Å²) in [7, 11) is 3.03. The van der Waals surface area contributed by atoms with Crippen molar-refractivity contribution in [3.8, 4) is 0 Å². The van der Waals surface area contributed by atoms with Gasteiger partial charge in [-0.2, -0.15) is 5.10 Å². The summed E-state index contributed by atoms with van der Waals surface area (Å²) < 4.78 is 8.93. The number of carbonyl (C=O) groups excluding carboxylic acids is 2. The maximum Gasteiger partial charge on any atom is 0.365 e. The number of thioether (sulfide) groups is 2. The van der Waals surface area contributed by atoms with Crippen molar-refractivity contribution in [2.75, 3.05) is 25.8 Å². The minimum atomic E-state index is -1.02. The van der Waals surface area contributed by atoms with Crippen molar-refractivity contribution in [2.45, 2.75) is 18.2 Å². The summed E-state index contributed by atoms with van der Waals surface area (Å²) in [5, 5.41) is 17.0. The standard InChI is InChI=1S/C17H18N4O6S2/c1-5-27-15(22)13-10(2)19(3)17(28-13)20(18-14(29-17)16(23)26-4)11-6-8-12(9-7-11)21(24)25/h6-9H,5H2,1-4H3/t17-/m0/s1. The number of allylic oxidation sites excluding steroid dienone is 1. The number of nitrogens with zero attached hydrogens (tertiary/aromatic N) is 4. The number of benzene rings is 1. The van der Waals surface area contributed by atoms with Crippen LogP contribution in [-0.2, 0) is 19.1 Å². The summed E-state index contributed by atoms with van der Waals surface area (Å²) >= 11 is 2.32. The number of hydrazone groups is 1. The number of nitro groups is 1. The van der Waals surface area contributed by atoms with Crippen LogP contribution in [0, 0.1) is 10.1 Å². The molecule has 1 aromatic carbocycles. The Labute approximate surface area is 175 Å². The molecule has 3 rings (SSSR count). The lowest BCUT2D eigenvalue weighted by Crippen LogP contribution is -2.47. The van der Waals surface area contributed by atoms with E-state index < -0.39 is 21.2 Å². The zero-order chi connectivity index (χ0) is 21.3. The molecule has 1 atom stereocenters. The zero-order valence-electron chi connectivity index (χ0n) is 16.1. The molecule has 10 nitrogen and oxygen atoms in total. The third-order valence-corrected chi connectivity index (χ3v) is 7.34. The molecule has 0 radical (unpaired) electrons. The van der Waals surface area contributed by atoms with Gasteiger partial charge in [-0.25, -0.2) is 14.6 Å². The van der Waals surface area contributed by atoms with Gasteiger partial charge < -0.3 is 14.4 Å². The summed E-state index contributed by atoms with van der Waals surface area (Å²) in [6.45, 7) is 3.73. The van der Waals surface area contributed by atoms with Gasteiger partial charge in [-0.15, -0.1) is 0 Å². The van der Waals surface area contributed by atoms with E-state index in [1.54, 1.807) is 25.9 Å². The first kappa shape index (κ1) is 21.0. The van der Waals surface area contributed by atoms with Gasteiger partial charge in [0.25, 0.3) is 5.69 Å². The molecular formula is C17H18N4O6S2. The van der Waals surface area contributed by atoms with Crippen LogP contribution in [0.3, 0.4) is 0 Å². The van der Waals surface area contributed by atoms with Gasteiger partial charge in [0.15, 0.2) is 0 Å². The first-order chi connectivity index (χ1) is 13.7. The third kappa shape index (κ3) is 3.53. The second-order valence-corrected chi connectivity index (χ2v) is 8.53. The smallest absolute Gasteiger partial charge is 0.365 e. The topological polar surface area (TPSA) is 115 Å². The number of rotatable bonds is 5. The maximum atomic E-state index is 12.4. The number of ether oxygens (including phenoxy) is 2. The van der Waals surface area contributed by atoms with E-state index in [9.17, 15) is 19.7 Å². The SMILES string of the molecule is CCOC(=O)C1=C(C)N(C)[C@@]2(SC(C(=O)OC)=NN2c2ccc([N+](=O)[O-])cc2)S1. The average Bonchev–Trinajstić information content (AvgIpc) is 3.21. The van der Waals surface area contributed by atoms with Crippen LogP contribution in [0.15, 0.2) is 40.0 Å². The molecule has 1 spiro atoms. The number of carbonyl (C=O) groups is 2. The summed E-state index contributed by atoms with van der Waals surface area (Å²) in [4.78, 5) is 37.3. The quantitative estimate of drug-likeness (QED) is 0.386. The number of methoxy groups -OCH3 is 1. The van der Waals surface area contributed by atoms with Gasteiger partial charge in [0, 0.05) is 24.9 Å². The largest absolute Gasteiger partial charge is 0.464 e. The lowest BCUT2D eigenvalue weighted by atomic mass is 10.3. The van der Waals surface area contributed by atoms with Crippen molar-refractivity contribution in [3.05, 3.63) is 45.0 Å². The van der Waals surface area contributed by atoms with Crippen LogP contribution in [0.4, 0.5) is 11.4 Å². The summed E-state index contributed by atoms with van der Waals surface area (Å²) in [6, 6.07) is 5.78. The van der Waals surface area contributed by atoms with Gasteiger partial charge in [-0.1, -0.05) is 11.8 Å². The fourth-order valence-corrected chi connectivity index (χ4v) is 5.65. The Morgan fingerprint density at radius 2 is 1.90 bits per heavy atom. The van der Waals surface area contributed by atoms with Crippen molar-refractivity contribution in [1.29, 1.82) is 0 Å². The Bertz CT molecular complexity index is 932. The lowest BCUT2D eigenvalue weighted by Gasteiger charge is -2.39. The molecule has 0 amide bonds. The van der Waals surface area contributed by atoms with Crippen molar-refractivity contribution in [2.24, 2.45) is 5.10 Å². The van der Waals surface area contributed by atoms with Crippen LogP contribution in [0.5, 0.6) is 0 Å². The Balaban J connectivity index is 2.04. The van der Waals surface area contributed by atoms with Crippen molar-refractivity contribution >= 4 is 51.9 Å². The molecule has 29 heavy (non-hydrogen) atoms. The number of anilines is 1. The molecule has 0 N–H and O–H groups in total. The van der Waals surface area contributed by atoms with E-state index in [0.29, 0.717) is 16.3 Å². The van der Waals surface area contributed by atoms with Crippen LogP contribution in [0.25, 0.3) is 0 Å². The van der Waals surface area contributed by atoms with E-state index in [1.807, 2.05) is 4.90 Å². The predicted octanol–water partition coefficient (Wildman–Crippen LogP) is 2.72. The second-order valence-electron chi connectivity index (χ2n) is 5.93. The van der Waals surface area contributed by atoms with Gasteiger partial charge in [0.05, 0.1) is 24.3 Å². The highest BCUT2D eigenvalue weighted by Gasteiger charge is 2.56. The summed E-state index contributed by atoms with van der Waals surface area (Å²) in [5.41, 5.74) is 1.11. The Kier molecular flexibility index (Phi) is 5.75. The van der Waals surface area contributed by atoms with E-state index in [1.165, 1.54) is 43.1 Å². The van der Waals surface area contributed by atoms with E-state index in [4.69, 9.17) is 9.47 Å². The number of esters is 2. The molecule has 2 aliphatic heterocycles. The molecule has 0 saturated heterocycles. The molecule has 2 aliphatic rings. The fraction of sp³-hybridized carbons (Fsp3) is 0.353. The molecule has 0 aromatic heterocycles. The molecule has 12 heteroatoms. The highest BCUT2D eigenvalue weighted by atomic mass is 32.2. The predicted molar refractivity (Wildman–Crippen MR) is 110 cm³/mol. The monoisotopic (exact) mass is 438 g/mol. The zero-order valence-corrected chi connectivity index (χ0v) is 17.7. The highest BCUT2D eigenvalue weighted by molar-refractivity contribution is 8.28. The molecule has 0 saturated carbocycles. The lowest BCUT2D eigenvalue weighted by molar-refractivity contribution is -0.384. The van der Waals surface area contributed by atoms with E-state index in [-0.39, 0.29) is 17.3 Å². The van der Waals surface area contributed by atoms with Crippen LogP contribution in [-0.4, -0.2) is 51.9 Å². The Morgan fingerprint density at radius 1 is 1.24 bits per heavy atom. The van der Waals surface area contributed by atoms with Crippen LogP contribution in [0.1, 0.15) is 13.8 Å². The first-order valence-corrected chi connectivity index (χ1v) is 10.1. The van der Waals surface area contributed by atoms with Gasteiger partial charge in [-0.3, -0.25) is 10.1 Å². The van der Waals surface area contributed by atoms with E-state index in [2.05, 4.69) is 5.10 Å². The summed E-state index contributed by atoms with van der Waals surface area (Å²) in [5.74, 6) is -1.08. The molecule has 0 aliphatic carbocycles. The van der Waals surface area contributed by atoms with Crippen LogP contribution >= 0.6 is 23.5 Å². The van der Waals surface area contributed by atoms with Crippen LogP contribution in [0.2, 0.25) is 0 Å². The van der Waals surface area contributed by atoms with Gasteiger partial charge >= 0.3 is 11.9 Å². The van der Waals surface area contributed by atoms with E-state index in [0.717, 1.165) is 11.8 Å². The van der Waals surface area contributed by atoms with E-state index >= 15 is 0 Å². The normalized spacial score (nSPS) is 20.9. The van der Waals surface area contributed by atoms with Crippen LogP contribution < -0.4 is 5.01 Å². The minimum absolute atomic E-state index is 0.0687. The number of hydrogen-bond donors (Lipinski definition) is 0. The maximum absolute atomic E-state index is 12.4. The molecule has 0 unspecified atom stereocenters. The minimum Gasteiger partial charge on any atom is -0.464 e. The molecule has 154 valence electrons. The highest BCUT2D eigenvalue weighted by Crippen LogP contribution is 2.58. The third-order valence-electron chi connectivity index (χ3n) is 4.30. The average molecular weight is 438 g/mol. The van der Waals surface area contributed by atoms with Gasteiger partial charge in [0.2, 0.25) is 9.37 Å². The number of nitro benzene ring substituents is 1. The fourth-order valence-electron chi connectivity index (χ4n) is 2.75. The second kappa shape index (κ2) is 7.95. The Hall–Kier alpha value is -2.73. The van der Waals surface area contributed by atoms with Crippen molar-refractivity contribution < 1.29 is 24.0 Å². The van der Waals surface area contributed by atoms with Gasteiger partial charge in [0.1, 0.15) is 4.91 Å². The molecular weight excluding hydrogens is 420 g/mol. The first-order valence-electron chi connectivity index (χ1n) is 8.46. The Morgan fingerprint density at radius 3 is 2.45 bits per heavy atom. The number of hydrogen-bond acceptors (Lipinski definition) is 11. The molecule has 1 aromatic rings.